The van der Waals surface area contributed by atoms with E-state index in [4.69, 9.17) is 11.6 Å². The van der Waals surface area contributed by atoms with Gasteiger partial charge in [0.25, 0.3) is 0 Å². The molecular formula is C23H27BrClFN2O2S. The maximum absolute atomic E-state index is 14.0. The third kappa shape index (κ3) is 7.81. The van der Waals surface area contributed by atoms with E-state index in [1.807, 2.05) is 38.1 Å². The van der Waals surface area contributed by atoms with Crippen molar-refractivity contribution in [2.75, 3.05) is 5.75 Å². The van der Waals surface area contributed by atoms with Crippen LogP contribution in [-0.2, 0) is 21.9 Å². The molecule has 2 aromatic rings. The summed E-state index contributed by atoms with van der Waals surface area (Å²) in [5.74, 6) is -0.390. The molecule has 2 aromatic carbocycles. The first-order valence-corrected chi connectivity index (χ1v) is 12.4. The molecule has 31 heavy (non-hydrogen) atoms. The van der Waals surface area contributed by atoms with E-state index in [1.165, 1.54) is 17.8 Å². The molecule has 2 rings (SSSR count). The van der Waals surface area contributed by atoms with E-state index in [1.54, 1.807) is 24.0 Å². The Kier molecular flexibility index (Phi) is 10.3. The van der Waals surface area contributed by atoms with E-state index >= 15 is 0 Å². The smallest absolute Gasteiger partial charge is 0.242 e. The van der Waals surface area contributed by atoms with Crippen molar-refractivity contribution in [3.63, 3.8) is 0 Å². The van der Waals surface area contributed by atoms with Crippen molar-refractivity contribution in [2.24, 2.45) is 0 Å². The minimum Gasteiger partial charge on any atom is -0.352 e. The monoisotopic (exact) mass is 528 g/mol. The first-order valence-electron chi connectivity index (χ1n) is 10.1. The number of hydrogen-bond donors (Lipinski definition) is 1. The fraction of sp³-hybridized carbons (Fsp3) is 0.391. The van der Waals surface area contributed by atoms with Crippen LogP contribution in [0.25, 0.3) is 0 Å². The van der Waals surface area contributed by atoms with Crippen LogP contribution < -0.4 is 5.32 Å². The van der Waals surface area contributed by atoms with Crippen LogP contribution in [0.4, 0.5) is 4.39 Å². The molecule has 0 fully saturated rings. The van der Waals surface area contributed by atoms with Gasteiger partial charge in [0.05, 0.1) is 5.75 Å². The predicted octanol–water partition coefficient (Wildman–Crippen LogP) is 5.81. The van der Waals surface area contributed by atoms with E-state index in [0.29, 0.717) is 17.1 Å². The van der Waals surface area contributed by atoms with Gasteiger partial charge in [-0.15, -0.1) is 11.8 Å². The second kappa shape index (κ2) is 12.5. The quantitative estimate of drug-likeness (QED) is 0.423. The summed E-state index contributed by atoms with van der Waals surface area (Å²) < 4.78 is 14.9. The summed E-state index contributed by atoms with van der Waals surface area (Å²) in [6, 6.07) is 11.5. The fourth-order valence-electron chi connectivity index (χ4n) is 2.87. The van der Waals surface area contributed by atoms with Crippen molar-refractivity contribution in [1.29, 1.82) is 0 Å². The van der Waals surface area contributed by atoms with Crippen LogP contribution >= 0.6 is 39.3 Å². The molecular weight excluding hydrogens is 503 g/mol. The molecule has 0 heterocycles. The molecule has 0 unspecified atom stereocenters. The third-order valence-electron chi connectivity index (χ3n) is 4.94. The lowest BCUT2D eigenvalue weighted by Crippen LogP contribution is -2.50. The number of rotatable bonds is 10. The zero-order valence-corrected chi connectivity index (χ0v) is 21.0. The molecule has 0 aliphatic heterocycles. The molecule has 8 heteroatoms. The van der Waals surface area contributed by atoms with Crippen LogP contribution in [0, 0.1) is 5.82 Å². The molecule has 0 aliphatic rings. The fourth-order valence-corrected chi connectivity index (χ4v) is 4.57. The molecule has 2 amide bonds. The van der Waals surface area contributed by atoms with E-state index in [0.717, 1.165) is 16.5 Å². The number of nitrogens with zero attached hydrogens (tertiary/aromatic N) is 1. The highest BCUT2D eigenvalue weighted by atomic mass is 79.9. The van der Waals surface area contributed by atoms with E-state index < -0.39 is 6.04 Å². The normalized spacial score (nSPS) is 12.8. The van der Waals surface area contributed by atoms with Crippen LogP contribution in [0.3, 0.4) is 0 Å². The van der Waals surface area contributed by atoms with E-state index in [2.05, 4.69) is 21.2 Å². The highest BCUT2D eigenvalue weighted by molar-refractivity contribution is 9.10. The van der Waals surface area contributed by atoms with Gasteiger partial charge in [-0.05, 0) is 50.1 Å². The molecule has 0 aromatic heterocycles. The average molecular weight is 530 g/mol. The van der Waals surface area contributed by atoms with Crippen LogP contribution in [0.2, 0.25) is 5.02 Å². The van der Waals surface area contributed by atoms with Crippen molar-refractivity contribution in [3.8, 4) is 0 Å². The van der Waals surface area contributed by atoms with Crippen LogP contribution in [0.15, 0.2) is 46.9 Å². The summed E-state index contributed by atoms with van der Waals surface area (Å²) in [6.45, 7) is 5.95. The number of carbonyl (C=O) groups is 2. The molecule has 0 saturated heterocycles. The Hall–Kier alpha value is -1.57. The van der Waals surface area contributed by atoms with Gasteiger partial charge in [-0.3, -0.25) is 9.59 Å². The number of carbonyl (C=O) groups excluding carboxylic acids is 2. The Morgan fingerprint density at radius 2 is 1.94 bits per heavy atom. The Balaban J connectivity index is 2.12. The summed E-state index contributed by atoms with van der Waals surface area (Å²) in [7, 11) is 0. The van der Waals surface area contributed by atoms with Gasteiger partial charge in [0.2, 0.25) is 11.8 Å². The van der Waals surface area contributed by atoms with Gasteiger partial charge in [0.1, 0.15) is 11.9 Å². The standard InChI is InChI=1S/C23H27BrClFN2O2S/c1-4-15(2)27-23(30)16(3)28(12-17-7-5-8-18(24)11-17)22(29)14-31-13-19-20(25)9-6-10-21(19)26/h5-11,15-16H,4,12-14H2,1-3H3,(H,27,30)/t15-,16+/m1/s1. The zero-order chi connectivity index (χ0) is 23.0. The van der Waals surface area contributed by atoms with Crippen molar-refractivity contribution >= 4 is 51.1 Å². The summed E-state index contributed by atoms with van der Waals surface area (Å²) in [4.78, 5) is 27.4. The molecule has 0 aliphatic carbocycles. The van der Waals surface area contributed by atoms with Gasteiger partial charge in [-0.2, -0.15) is 0 Å². The van der Waals surface area contributed by atoms with Gasteiger partial charge in [-0.1, -0.05) is 52.7 Å². The SMILES string of the molecule is CC[C@@H](C)NC(=O)[C@H](C)N(Cc1cccc(Br)c1)C(=O)CSCc1c(F)cccc1Cl. The zero-order valence-electron chi connectivity index (χ0n) is 17.8. The number of benzene rings is 2. The number of amides is 2. The summed E-state index contributed by atoms with van der Waals surface area (Å²) in [5, 5.41) is 3.28. The largest absolute Gasteiger partial charge is 0.352 e. The molecule has 0 bridgehead atoms. The van der Waals surface area contributed by atoms with E-state index in [-0.39, 0.29) is 35.2 Å². The first kappa shape index (κ1) is 25.7. The van der Waals surface area contributed by atoms with Crippen LogP contribution in [0.1, 0.15) is 38.3 Å². The van der Waals surface area contributed by atoms with Gasteiger partial charge in [-0.25, -0.2) is 4.39 Å². The highest BCUT2D eigenvalue weighted by Gasteiger charge is 2.26. The van der Waals surface area contributed by atoms with Gasteiger partial charge < -0.3 is 10.2 Å². The summed E-state index contributed by atoms with van der Waals surface area (Å²) >= 11 is 10.8. The van der Waals surface area contributed by atoms with E-state index in [9.17, 15) is 14.0 Å². The first-order chi connectivity index (χ1) is 14.7. The van der Waals surface area contributed by atoms with Crippen molar-refractivity contribution in [3.05, 3.63) is 68.9 Å². The predicted molar refractivity (Wildman–Crippen MR) is 130 cm³/mol. The number of halogens is 3. The Labute approximate surface area is 201 Å². The molecule has 168 valence electrons. The molecule has 0 radical (unpaired) electrons. The highest BCUT2D eigenvalue weighted by Crippen LogP contribution is 2.24. The Bertz CT molecular complexity index is 895. The number of nitrogens with one attached hydrogen (secondary N) is 1. The van der Waals surface area contributed by atoms with Crippen molar-refractivity contribution in [2.45, 2.75) is 51.6 Å². The Morgan fingerprint density at radius 1 is 1.23 bits per heavy atom. The van der Waals surface area contributed by atoms with Crippen molar-refractivity contribution < 1.29 is 14.0 Å². The van der Waals surface area contributed by atoms with Gasteiger partial charge in [0, 0.05) is 33.4 Å². The lowest BCUT2D eigenvalue weighted by molar-refractivity contribution is -0.138. The molecule has 0 saturated carbocycles. The minimum absolute atomic E-state index is 0.0235. The molecule has 4 nitrogen and oxygen atoms in total. The number of thioether (sulfide) groups is 1. The maximum Gasteiger partial charge on any atom is 0.242 e. The lowest BCUT2D eigenvalue weighted by atomic mass is 10.1. The topological polar surface area (TPSA) is 49.4 Å². The second-order valence-corrected chi connectivity index (χ2v) is 9.65. The van der Waals surface area contributed by atoms with Gasteiger partial charge in [0.15, 0.2) is 0 Å². The van der Waals surface area contributed by atoms with Gasteiger partial charge >= 0.3 is 0 Å². The number of hydrogen-bond acceptors (Lipinski definition) is 3. The molecule has 2 atom stereocenters. The second-order valence-electron chi connectivity index (χ2n) is 7.34. The maximum atomic E-state index is 14.0. The average Bonchev–Trinajstić information content (AvgIpc) is 2.73. The lowest BCUT2D eigenvalue weighted by Gasteiger charge is -2.29. The molecule has 1 N–H and O–H groups in total. The van der Waals surface area contributed by atoms with Crippen LogP contribution in [0.5, 0.6) is 0 Å². The summed E-state index contributed by atoms with van der Waals surface area (Å²) in [5.41, 5.74) is 1.29. The Morgan fingerprint density at radius 3 is 2.58 bits per heavy atom. The third-order valence-corrected chi connectivity index (χ3v) is 6.74. The minimum atomic E-state index is -0.641. The van der Waals surface area contributed by atoms with Crippen LogP contribution in [-0.4, -0.2) is 34.6 Å². The summed E-state index contributed by atoms with van der Waals surface area (Å²) in [6.07, 6.45) is 0.803. The molecule has 0 spiro atoms. The van der Waals surface area contributed by atoms with Crippen molar-refractivity contribution in [1.82, 2.24) is 10.2 Å².